The van der Waals surface area contributed by atoms with Crippen LogP contribution in [-0.4, -0.2) is 12.6 Å². The molecule has 0 heterocycles. The standard InChI is InChI=1S/C19H32BrN/c1-3-5-6-7-8-9-13-19(21-14-4-2)16-17-11-10-12-18(20)15-17/h10-12,15,19,21H,3-9,13-14,16H2,1-2H3. The minimum Gasteiger partial charge on any atom is -0.314 e. The monoisotopic (exact) mass is 353 g/mol. The second kappa shape index (κ2) is 12.2. The van der Waals surface area contributed by atoms with E-state index in [1.165, 1.54) is 61.4 Å². The van der Waals surface area contributed by atoms with Crippen LogP contribution in [0.15, 0.2) is 28.7 Å². The lowest BCUT2D eigenvalue weighted by Gasteiger charge is -2.19. The minimum atomic E-state index is 0.630. The van der Waals surface area contributed by atoms with Crippen molar-refractivity contribution in [3.05, 3.63) is 34.3 Å². The lowest BCUT2D eigenvalue weighted by atomic mass is 9.99. The number of benzene rings is 1. The first-order chi connectivity index (χ1) is 10.3. The molecule has 120 valence electrons. The molecule has 0 aliphatic rings. The Morgan fingerprint density at radius 2 is 1.76 bits per heavy atom. The topological polar surface area (TPSA) is 12.0 Å². The van der Waals surface area contributed by atoms with Gasteiger partial charge in [-0.05, 0) is 43.5 Å². The van der Waals surface area contributed by atoms with Gasteiger partial charge in [0.25, 0.3) is 0 Å². The molecule has 0 saturated heterocycles. The molecule has 1 aromatic carbocycles. The number of hydrogen-bond donors (Lipinski definition) is 1. The van der Waals surface area contributed by atoms with Crippen LogP contribution in [0, 0.1) is 0 Å². The second-order valence-corrected chi connectivity index (χ2v) is 6.96. The van der Waals surface area contributed by atoms with E-state index in [1.54, 1.807) is 0 Å². The van der Waals surface area contributed by atoms with E-state index in [0.717, 1.165) is 13.0 Å². The van der Waals surface area contributed by atoms with Crippen molar-refractivity contribution in [2.75, 3.05) is 6.54 Å². The summed E-state index contributed by atoms with van der Waals surface area (Å²) in [6, 6.07) is 9.37. The molecule has 1 N–H and O–H groups in total. The largest absolute Gasteiger partial charge is 0.314 e. The molecule has 1 atom stereocenters. The van der Waals surface area contributed by atoms with Gasteiger partial charge in [0.1, 0.15) is 0 Å². The van der Waals surface area contributed by atoms with Gasteiger partial charge in [-0.25, -0.2) is 0 Å². The molecule has 0 saturated carbocycles. The van der Waals surface area contributed by atoms with Crippen molar-refractivity contribution in [3.8, 4) is 0 Å². The van der Waals surface area contributed by atoms with Gasteiger partial charge in [-0.2, -0.15) is 0 Å². The molecule has 1 rings (SSSR count). The summed E-state index contributed by atoms with van der Waals surface area (Å²) in [5.41, 5.74) is 1.43. The summed E-state index contributed by atoms with van der Waals surface area (Å²) in [6.07, 6.45) is 12.0. The van der Waals surface area contributed by atoms with Gasteiger partial charge in [-0.3, -0.25) is 0 Å². The van der Waals surface area contributed by atoms with E-state index in [9.17, 15) is 0 Å². The fraction of sp³-hybridized carbons (Fsp3) is 0.684. The van der Waals surface area contributed by atoms with Crippen LogP contribution in [0.5, 0.6) is 0 Å². The number of halogens is 1. The van der Waals surface area contributed by atoms with Crippen molar-refractivity contribution in [2.24, 2.45) is 0 Å². The molecule has 0 aliphatic heterocycles. The van der Waals surface area contributed by atoms with E-state index >= 15 is 0 Å². The number of unbranched alkanes of at least 4 members (excludes halogenated alkanes) is 5. The zero-order chi connectivity index (χ0) is 15.3. The first-order valence-corrected chi connectivity index (χ1v) is 9.53. The van der Waals surface area contributed by atoms with Gasteiger partial charge < -0.3 is 5.32 Å². The van der Waals surface area contributed by atoms with E-state index in [4.69, 9.17) is 0 Å². The molecule has 0 aromatic heterocycles. The first kappa shape index (κ1) is 18.7. The molecule has 1 nitrogen and oxygen atoms in total. The van der Waals surface area contributed by atoms with E-state index in [2.05, 4.69) is 59.4 Å². The Bertz CT molecular complexity index is 364. The normalized spacial score (nSPS) is 12.5. The van der Waals surface area contributed by atoms with Crippen molar-refractivity contribution in [3.63, 3.8) is 0 Å². The number of rotatable bonds is 12. The summed E-state index contributed by atoms with van der Waals surface area (Å²) >= 11 is 3.57. The van der Waals surface area contributed by atoms with Gasteiger partial charge >= 0.3 is 0 Å². The van der Waals surface area contributed by atoms with E-state index in [1.807, 2.05) is 0 Å². The van der Waals surface area contributed by atoms with Gasteiger partial charge in [0.15, 0.2) is 0 Å². The highest BCUT2D eigenvalue weighted by Gasteiger charge is 2.09. The quantitative estimate of drug-likeness (QED) is 0.447. The minimum absolute atomic E-state index is 0.630. The smallest absolute Gasteiger partial charge is 0.0178 e. The highest BCUT2D eigenvalue weighted by Crippen LogP contribution is 2.16. The third-order valence-electron chi connectivity index (χ3n) is 3.96. The molecule has 0 amide bonds. The Labute approximate surface area is 140 Å². The van der Waals surface area contributed by atoms with Crippen LogP contribution < -0.4 is 5.32 Å². The molecule has 0 aliphatic carbocycles. The van der Waals surface area contributed by atoms with Crippen LogP contribution in [0.4, 0.5) is 0 Å². The molecule has 0 spiro atoms. The maximum Gasteiger partial charge on any atom is 0.0178 e. The zero-order valence-electron chi connectivity index (χ0n) is 13.8. The Kier molecular flexibility index (Phi) is 10.9. The summed E-state index contributed by atoms with van der Waals surface area (Å²) in [4.78, 5) is 0. The van der Waals surface area contributed by atoms with Crippen LogP contribution in [0.2, 0.25) is 0 Å². The van der Waals surface area contributed by atoms with Crippen LogP contribution in [0.25, 0.3) is 0 Å². The highest BCUT2D eigenvalue weighted by atomic mass is 79.9. The predicted octanol–water partition coefficient (Wildman–Crippen LogP) is 6.11. The third-order valence-corrected chi connectivity index (χ3v) is 4.45. The van der Waals surface area contributed by atoms with Crippen LogP contribution in [-0.2, 0) is 6.42 Å². The van der Waals surface area contributed by atoms with Gasteiger partial charge in [0.05, 0.1) is 0 Å². The molecule has 1 aromatic rings. The van der Waals surface area contributed by atoms with Gasteiger partial charge in [0, 0.05) is 10.5 Å². The van der Waals surface area contributed by atoms with Crippen molar-refractivity contribution in [2.45, 2.75) is 77.7 Å². The van der Waals surface area contributed by atoms with Gasteiger partial charge in [-0.1, -0.05) is 80.4 Å². The fourth-order valence-corrected chi connectivity index (χ4v) is 3.19. The highest BCUT2D eigenvalue weighted by molar-refractivity contribution is 9.10. The number of nitrogens with one attached hydrogen (secondary N) is 1. The van der Waals surface area contributed by atoms with Crippen molar-refractivity contribution in [1.29, 1.82) is 0 Å². The Hall–Kier alpha value is -0.340. The maximum absolute atomic E-state index is 3.72. The van der Waals surface area contributed by atoms with Crippen molar-refractivity contribution < 1.29 is 0 Å². The zero-order valence-corrected chi connectivity index (χ0v) is 15.4. The first-order valence-electron chi connectivity index (χ1n) is 8.74. The second-order valence-electron chi connectivity index (χ2n) is 6.04. The average Bonchev–Trinajstić information content (AvgIpc) is 2.48. The molecule has 0 fully saturated rings. The molecule has 0 radical (unpaired) electrons. The molecule has 2 heteroatoms. The maximum atomic E-state index is 3.72. The van der Waals surface area contributed by atoms with Crippen molar-refractivity contribution >= 4 is 15.9 Å². The third kappa shape index (κ3) is 9.31. The number of hydrogen-bond acceptors (Lipinski definition) is 1. The molecular weight excluding hydrogens is 322 g/mol. The molecular formula is C19H32BrN. The van der Waals surface area contributed by atoms with Crippen molar-refractivity contribution in [1.82, 2.24) is 5.32 Å². The van der Waals surface area contributed by atoms with Crippen LogP contribution in [0.3, 0.4) is 0 Å². The SMILES string of the molecule is CCCCCCCCC(Cc1cccc(Br)c1)NCCC. The summed E-state index contributed by atoms with van der Waals surface area (Å²) in [7, 11) is 0. The molecule has 1 unspecified atom stereocenters. The van der Waals surface area contributed by atoms with Crippen LogP contribution >= 0.6 is 15.9 Å². The molecule has 21 heavy (non-hydrogen) atoms. The summed E-state index contributed by atoms with van der Waals surface area (Å²) in [5.74, 6) is 0. The Morgan fingerprint density at radius 3 is 2.48 bits per heavy atom. The lowest BCUT2D eigenvalue weighted by Crippen LogP contribution is -2.31. The lowest BCUT2D eigenvalue weighted by molar-refractivity contribution is 0.450. The summed E-state index contributed by atoms with van der Waals surface area (Å²) in [6.45, 7) is 5.66. The molecule has 0 bridgehead atoms. The summed E-state index contributed by atoms with van der Waals surface area (Å²) < 4.78 is 1.19. The Balaban J connectivity index is 2.33. The summed E-state index contributed by atoms with van der Waals surface area (Å²) in [5, 5.41) is 3.72. The average molecular weight is 354 g/mol. The fourth-order valence-electron chi connectivity index (χ4n) is 2.74. The predicted molar refractivity (Wildman–Crippen MR) is 97.9 cm³/mol. The Morgan fingerprint density at radius 1 is 1.00 bits per heavy atom. The van der Waals surface area contributed by atoms with Crippen LogP contribution in [0.1, 0.15) is 70.8 Å². The van der Waals surface area contributed by atoms with E-state index in [-0.39, 0.29) is 0 Å². The van der Waals surface area contributed by atoms with E-state index < -0.39 is 0 Å². The van der Waals surface area contributed by atoms with E-state index in [0.29, 0.717) is 6.04 Å². The van der Waals surface area contributed by atoms with Gasteiger partial charge in [-0.15, -0.1) is 0 Å². The van der Waals surface area contributed by atoms with Gasteiger partial charge in [0.2, 0.25) is 0 Å².